The topological polar surface area (TPSA) is 70.2 Å². The highest BCUT2D eigenvalue weighted by atomic mass is 79.9. The zero-order chi connectivity index (χ0) is 14.9. The third-order valence-electron chi connectivity index (χ3n) is 2.90. The number of rotatable bonds is 4. The first-order valence-corrected chi connectivity index (χ1v) is 6.87. The lowest BCUT2D eigenvalue weighted by atomic mass is 10.2. The molecule has 20 heavy (non-hydrogen) atoms. The maximum absolute atomic E-state index is 11.2. The van der Waals surface area contributed by atoms with Crippen LogP contribution in [0.3, 0.4) is 0 Å². The van der Waals surface area contributed by atoms with E-state index in [1.807, 2.05) is 26.0 Å². The smallest absolute Gasteiger partial charge is 0.353 e. The fraction of sp³-hybridized carbons (Fsp3) is 0.308. The first-order valence-electron chi connectivity index (χ1n) is 6.08. The van der Waals surface area contributed by atoms with Crippen molar-refractivity contribution >= 4 is 21.6 Å². The van der Waals surface area contributed by atoms with E-state index in [4.69, 9.17) is 4.74 Å². The first-order chi connectivity index (χ1) is 9.43. The van der Waals surface area contributed by atoms with E-state index in [2.05, 4.69) is 21.0 Å². The van der Waals surface area contributed by atoms with E-state index in [9.17, 15) is 10.1 Å². The molecule has 0 atom stereocenters. The van der Waals surface area contributed by atoms with Crippen LogP contribution in [0.25, 0.3) is 0 Å². The van der Waals surface area contributed by atoms with Crippen LogP contribution in [-0.2, 0) is 13.5 Å². The van der Waals surface area contributed by atoms with Crippen LogP contribution in [-0.4, -0.2) is 14.7 Å². The Morgan fingerprint density at radius 3 is 2.75 bits per heavy atom. The van der Waals surface area contributed by atoms with Crippen LogP contribution in [0.2, 0.25) is 0 Å². The number of benzene rings is 1. The van der Waals surface area contributed by atoms with E-state index in [1.54, 1.807) is 13.1 Å². The summed E-state index contributed by atoms with van der Waals surface area (Å²) >= 11 is 3.40. The minimum Gasteiger partial charge on any atom is -0.434 e. The molecule has 0 bridgehead atoms. The predicted molar refractivity (Wildman–Crippen MR) is 78.2 cm³/mol. The zero-order valence-electron chi connectivity index (χ0n) is 11.4. The molecule has 0 saturated carbocycles. The van der Waals surface area contributed by atoms with Crippen molar-refractivity contribution in [1.82, 2.24) is 9.78 Å². The van der Waals surface area contributed by atoms with E-state index in [0.29, 0.717) is 17.9 Å². The number of halogens is 1. The Balaban J connectivity index is 2.45. The van der Waals surface area contributed by atoms with Gasteiger partial charge in [-0.2, -0.15) is 5.10 Å². The molecule has 1 heterocycles. The number of hydrogen-bond donors (Lipinski definition) is 0. The van der Waals surface area contributed by atoms with Crippen LogP contribution < -0.4 is 4.74 Å². The fourth-order valence-corrected chi connectivity index (χ4v) is 2.13. The zero-order valence-corrected chi connectivity index (χ0v) is 13.0. The molecule has 0 fully saturated rings. The van der Waals surface area contributed by atoms with Crippen molar-refractivity contribution in [3.05, 3.63) is 44.0 Å². The molecule has 0 unspecified atom stereocenters. The van der Waals surface area contributed by atoms with Gasteiger partial charge in [-0.1, -0.05) is 22.9 Å². The average Bonchev–Trinajstić information content (AvgIpc) is 2.71. The van der Waals surface area contributed by atoms with Crippen molar-refractivity contribution in [2.45, 2.75) is 20.3 Å². The molecule has 106 valence electrons. The van der Waals surface area contributed by atoms with Gasteiger partial charge in [-0.05, 0) is 37.1 Å². The molecule has 1 aromatic heterocycles. The molecular weight excluding hydrogens is 326 g/mol. The molecule has 1 aromatic carbocycles. The molecular formula is C13H14BrN3O3. The first kappa shape index (κ1) is 14.5. The highest BCUT2D eigenvalue weighted by molar-refractivity contribution is 9.10. The van der Waals surface area contributed by atoms with Crippen molar-refractivity contribution < 1.29 is 9.66 Å². The second kappa shape index (κ2) is 5.62. The molecule has 2 rings (SSSR count). The molecule has 6 nitrogen and oxygen atoms in total. The molecule has 2 aromatic rings. The Kier molecular flexibility index (Phi) is 4.08. The van der Waals surface area contributed by atoms with Gasteiger partial charge in [-0.3, -0.25) is 10.1 Å². The molecule has 0 N–H and O–H groups in total. The lowest BCUT2D eigenvalue weighted by molar-refractivity contribution is -0.386. The van der Waals surface area contributed by atoms with Gasteiger partial charge in [0.1, 0.15) is 11.4 Å². The van der Waals surface area contributed by atoms with Gasteiger partial charge in [-0.15, -0.1) is 0 Å². The summed E-state index contributed by atoms with van der Waals surface area (Å²) in [6, 6.07) is 5.40. The van der Waals surface area contributed by atoms with Crippen LogP contribution in [0.1, 0.15) is 18.2 Å². The minimum absolute atomic E-state index is 0.0735. The fourth-order valence-electron chi connectivity index (χ4n) is 1.88. The molecule has 0 aliphatic heterocycles. The maximum Gasteiger partial charge on any atom is 0.353 e. The molecule has 0 amide bonds. The van der Waals surface area contributed by atoms with Crippen LogP contribution in [0.4, 0.5) is 5.69 Å². The Hall–Kier alpha value is -1.89. The highest BCUT2D eigenvalue weighted by Crippen LogP contribution is 2.35. The van der Waals surface area contributed by atoms with E-state index < -0.39 is 4.92 Å². The second-order valence-electron chi connectivity index (χ2n) is 4.35. The lowest BCUT2D eigenvalue weighted by Crippen LogP contribution is -1.97. The van der Waals surface area contributed by atoms with Crippen molar-refractivity contribution in [3.63, 3.8) is 0 Å². The SMILES string of the molecule is CCc1nn(C)c(Oc2ccc(Br)c(C)c2)c1[N+](=O)[O-]. The van der Waals surface area contributed by atoms with Gasteiger partial charge in [0.15, 0.2) is 0 Å². The Labute approximate surface area is 124 Å². The molecule has 0 radical (unpaired) electrons. The van der Waals surface area contributed by atoms with Gasteiger partial charge in [0, 0.05) is 11.5 Å². The van der Waals surface area contributed by atoms with Crippen molar-refractivity contribution in [3.8, 4) is 11.6 Å². The number of hydrogen-bond acceptors (Lipinski definition) is 4. The molecule has 0 aliphatic rings. The van der Waals surface area contributed by atoms with Gasteiger partial charge >= 0.3 is 5.69 Å². The summed E-state index contributed by atoms with van der Waals surface area (Å²) in [5.74, 6) is 0.688. The summed E-state index contributed by atoms with van der Waals surface area (Å²) in [5, 5.41) is 15.3. The number of nitro groups is 1. The van der Waals surface area contributed by atoms with Crippen molar-refractivity contribution in [2.24, 2.45) is 7.05 Å². The summed E-state index contributed by atoms with van der Waals surface area (Å²) in [7, 11) is 1.63. The number of nitrogens with zero attached hydrogens (tertiary/aromatic N) is 3. The normalized spacial score (nSPS) is 10.6. The summed E-state index contributed by atoms with van der Waals surface area (Å²) in [5.41, 5.74) is 1.33. The Bertz CT molecular complexity index is 667. The predicted octanol–water partition coefficient (Wildman–Crippen LogP) is 3.75. The van der Waals surface area contributed by atoms with Crippen molar-refractivity contribution in [1.29, 1.82) is 0 Å². The molecule has 0 aliphatic carbocycles. The van der Waals surface area contributed by atoms with E-state index in [0.717, 1.165) is 10.0 Å². The summed E-state index contributed by atoms with van der Waals surface area (Å²) in [6.45, 7) is 3.75. The molecule has 0 saturated heterocycles. The Morgan fingerprint density at radius 1 is 1.50 bits per heavy atom. The molecule has 7 heteroatoms. The quantitative estimate of drug-likeness (QED) is 0.628. The average molecular weight is 340 g/mol. The maximum atomic E-state index is 11.2. The third kappa shape index (κ3) is 2.67. The van der Waals surface area contributed by atoms with E-state index >= 15 is 0 Å². The van der Waals surface area contributed by atoms with Crippen LogP contribution >= 0.6 is 15.9 Å². The van der Waals surface area contributed by atoms with Gasteiger partial charge in [0.2, 0.25) is 0 Å². The van der Waals surface area contributed by atoms with Gasteiger partial charge in [0.25, 0.3) is 5.88 Å². The summed E-state index contributed by atoms with van der Waals surface area (Å²) in [6.07, 6.45) is 0.479. The van der Waals surface area contributed by atoms with E-state index in [-0.39, 0.29) is 11.6 Å². The van der Waals surface area contributed by atoms with Crippen molar-refractivity contribution in [2.75, 3.05) is 0 Å². The van der Waals surface area contributed by atoms with Crippen LogP contribution in [0.5, 0.6) is 11.6 Å². The minimum atomic E-state index is -0.452. The monoisotopic (exact) mass is 339 g/mol. The number of ether oxygens (including phenoxy) is 1. The van der Waals surface area contributed by atoms with Gasteiger partial charge < -0.3 is 4.74 Å². The summed E-state index contributed by atoms with van der Waals surface area (Å²) < 4.78 is 8.01. The number of aromatic nitrogens is 2. The van der Waals surface area contributed by atoms with Crippen LogP contribution in [0.15, 0.2) is 22.7 Å². The largest absolute Gasteiger partial charge is 0.434 e. The molecule has 0 spiro atoms. The summed E-state index contributed by atoms with van der Waals surface area (Å²) in [4.78, 5) is 10.7. The second-order valence-corrected chi connectivity index (χ2v) is 5.20. The number of aryl methyl sites for hydroxylation is 3. The van der Waals surface area contributed by atoms with Crippen LogP contribution in [0, 0.1) is 17.0 Å². The lowest BCUT2D eigenvalue weighted by Gasteiger charge is -2.06. The van der Waals surface area contributed by atoms with Gasteiger partial charge in [-0.25, -0.2) is 4.68 Å². The van der Waals surface area contributed by atoms with Gasteiger partial charge in [0.05, 0.1) is 4.92 Å². The third-order valence-corrected chi connectivity index (χ3v) is 3.79. The Morgan fingerprint density at radius 2 is 2.20 bits per heavy atom. The van der Waals surface area contributed by atoms with E-state index in [1.165, 1.54) is 4.68 Å². The standard InChI is InChI=1S/C13H14BrN3O3/c1-4-11-12(17(18)19)13(16(3)15-11)20-9-5-6-10(14)8(2)7-9/h5-7H,4H2,1-3H3. The highest BCUT2D eigenvalue weighted by Gasteiger charge is 2.27.